The van der Waals surface area contributed by atoms with Gasteiger partial charge in [-0.2, -0.15) is 0 Å². The molecule has 0 amide bonds. The second-order valence-electron chi connectivity index (χ2n) is 3.54. The minimum absolute atomic E-state index is 0.374. The molecule has 0 aromatic rings. The van der Waals surface area contributed by atoms with E-state index >= 15 is 0 Å². The minimum atomic E-state index is 0.374. The van der Waals surface area contributed by atoms with E-state index in [0.29, 0.717) is 18.6 Å². The highest BCUT2D eigenvalue weighted by atomic mass is 16.1. The van der Waals surface area contributed by atoms with Crippen LogP contribution in [0.4, 0.5) is 0 Å². The summed E-state index contributed by atoms with van der Waals surface area (Å²) in [6.45, 7) is 6.65. The molecule has 1 saturated heterocycles. The van der Waals surface area contributed by atoms with Crippen LogP contribution in [0.5, 0.6) is 0 Å². The molecule has 0 bridgehead atoms. The zero-order valence-electron chi connectivity index (χ0n) is 8.47. The summed E-state index contributed by atoms with van der Waals surface area (Å²) in [6, 6.07) is 0. The van der Waals surface area contributed by atoms with E-state index in [9.17, 15) is 4.79 Å². The molecule has 13 heavy (non-hydrogen) atoms. The first-order valence-electron chi connectivity index (χ1n) is 4.70. The van der Waals surface area contributed by atoms with Crippen LogP contribution in [0.3, 0.4) is 0 Å². The van der Waals surface area contributed by atoms with Crippen molar-refractivity contribution in [1.29, 1.82) is 0 Å². The summed E-state index contributed by atoms with van der Waals surface area (Å²) in [4.78, 5) is 13.4. The summed E-state index contributed by atoms with van der Waals surface area (Å²) in [6.07, 6.45) is 4.10. The van der Waals surface area contributed by atoms with E-state index in [2.05, 4.69) is 18.4 Å². The zero-order chi connectivity index (χ0) is 9.84. The highest BCUT2D eigenvalue weighted by Crippen LogP contribution is 2.20. The van der Waals surface area contributed by atoms with Gasteiger partial charge in [-0.05, 0) is 18.9 Å². The second kappa shape index (κ2) is 4.26. The van der Waals surface area contributed by atoms with E-state index in [-0.39, 0.29) is 0 Å². The first kappa shape index (κ1) is 10.0. The van der Waals surface area contributed by atoms with E-state index in [4.69, 9.17) is 0 Å². The number of nitrogens with zero attached hydrogens (tertiary/aromatic N) is 1. The minimum Gasteiger partial charge on any atom is -0.377 e. The van der Waals surface area contributed by atoms with Crippen LogP contribution in [-0.2, 0) is 4.79 Å². The molecule has 2 heteroatoms. The maximum Gasteiger partial charge on any atom is 0.135 e. The van der Waals surface area contributed by atoms with Crippen molar-refractivity contribution in [3.05, 3.63) is 23.9 Å². The molecule has 0 atom stereocenters. The van der Waals surface area contributed by atoms with Crippen LogP contribution >= 0.6 is 0 Å². The Morgan fingerprint density at radius 1 is 1.46 bits per heavy atom. The van der Waals surface area contributed by atoms with Gasteiger partial charge in [-0.25, -0.2) is 0 Å². The number of Topliss-reactive ketones (excluding diaryl/α,β-unsaturated/α-hetero) is 1. The van der Waals surface area contributed by atoms with Gasteiger partial charge in [0.15, 0.2) is 0 Å². The molecule has 0 aromatic carbocycles. The fourth-order valence-electron chi connectivity index (χ4n) is 1.62. The summed E-state index contributed by atoms with van der Waals surface area (Å²) in [5.41, 5.74) is 2.46. The molecular weight excluding hydrogens is 162 g/mol. The fraction of sp³-hybridized carbons (Fsp3) is 0.545. The Kier molecular flexibility index (Phi) is 3.29. The number of ketones is 1. The van der Waals surface area contributed by atoms with Gasteiger partial charge < -0.3 is 4.90 Å². The van der Waals surface area contributed by atoms with Crippen molar-refractivity contribution in [2.45, 2.75) is 26.2 Å². The standard InChI is InChI=1S/C11H17NO/c1-4-9(2)11-6-5-10(13)7-8-12(11)3/h4H,1,5-8H2,2-3H3/b11-9-. The van der Waals surface area contributed by atoms with Gasteiger partial charge in [-0.3, -0.25) is 4.79 Å². The van der Waals surface area contributed by atoms with E-state index in [0.717, 1.165) is 13.0 Å². The maximum atomic E-state index is 11.2. The number of carbonyl (C=O) groups excluding carboxylic acids is 1. The molecule has 0 aromatic heterocycles. The fourth-order valence-corrected chi connectivity index (χ4v) is 1.62. The van der Waals surface area contributed by atoms with E-state index in [1.54, 1.807) is 0 Å². The average molecular weight is 179 g/mol. The molecule has 0 saturated carbocycles. The SMILES string of the molecule is C=C/C(C)=C1/CCC(=O)CCN1C. The van der Waals surface area contributed by atoms with Crippen molar-refractivity contribution >= 4 is 5.78 Å². The highest BCUT2D eigenvalue weighted by molar-refractivity contribution is 5.79. The van der Waals surface area contributed by atoms with Crippen LogP contribution in [0.15, 0.2) is 23.9 Å². The van der Waals surface area contributed by atoms with E-state index in [1.165, 1.54) is 11.3 Å². The number of carbonyl (C=O) groups is 1. The number of likely N-dealkylation sites (tertiary alicyclic amines) is 1. The Labute approximate surface area is 79.9 Å². The van der Waals surface area contributed by atoms with Crippen LogP contribution in [0.25, 0.3) is 0 Å². The van der Waals surface area contributed by atoms with Crippen molar-refractivity contribution < 1.29 is 4.79 Å². The van der Waals surface area contributed by atoms with Crippen molar-refractivity contribution in [3.63, 3.8) is 0 Å². The largest absolute Gasteiger partial charge is 0.377 e. The van der Waals surface area contributed by atoms with Crippen LogP contribution in [0.2, 0.25) is 0 Å². The van der Waals surface area contributed by atoms with E-state index in [1.807, 2.05) is 13.1 Å². The molecule has 1 aliphatic heterocycles. The lowest BCUT2D eigenvalue weighted by Gasteiger charge is -2.20. The quantitative estimate of drug-likeness (QED) is 0.614. The molecule has 1 aliphatic rings. The van der Waals surface area contributed by atoms with Crippen molar-refractivity contribution in [1.82, 2.24) is 4.90 Å². The number of rotatable bonds is 1. The van der Waals surface area contributed by atoms with Gasteiger partial charge >= 0.3 is 0 Å². The Bertz CT molecular complexity index is 253. The monoisotopic (exact) mass is 179 g/mol. The van der Waals surface area contributed by atoms with Crippen molar-refractivity contribution in [3.8, 4) is 0 Å². The Morgan fingerprint density at radius 3 is 2.77 bits per heavy atom. The summed E-state index contributed by atoms with van der Waals surface area (Å²) in [5.74, 6) is 0.374. The normalized spacial score (nSPS) is 22.6. The lowest BCUT2D eigenvalue weighted by molar-refractivity contribution is -0.118. The third-order valence-electron chi connectivity index (χ3n) is 2.59. The first-order chi connectivity index (χ1) is 6.15. The molecule has 1 heterocycles. The lowest BCUT2D eigenvalue weighted by Crippen LogP contribution is -2.18. The van der Waals surface area contributed by atoms with Crippen LogP contribution in [0.1, 0.15) is 26.2 Å². The second-order valence-corrected chi connectivity index (χ2v) is 3.54. The smallest absolute Gasteiger partial charge is 0.135 e. The highest BCUT2D eigenvalue weighted by Gasteiger charge is 2.15. The molecule has 0 spiro atoms. The van der Waals surface area contributed by atoms with Gasteiger partial charge in [0.25, 0.3) is 0 Å². The lowest BCUT2D eigenvalue weighted by atomic mass is 10.1. The van der Waals surface area contributed by atoms with Gasteiger partial charge in [-0.15, -0.1) is 0 Å². The molecular formula is C11H17NO. The maximum absolute atomic E-state index is 11.2. The van der Waals surface area contributed by atoms with E-state index < -0.39 is 0 Å². The summed E-state index contributed by atoms with van der Waals surface area (Å²) in [5, 5.41) is 0. The van der Waals surface area contributed by atoms with Crippen LogP contribution < -0.4 is 0 Å². The molecule has 1 fully saturated rings. The Morgan fingerprint density at radius 2 is 2.15 bits per heavy atom. The predicted octanol–water partition coefficient (Wildman–Crippen LogP) is 2.13. The third kappa shape index (κ3) is 2.44. The number of hydrogen-bond donors (Lipinski definition) is 0. The Hall–Kier alpha value is -1.05. The molecule has 1 rings (SSSR count). The van der Waals surface area contributed by atoms with Crippen LogP contribution in [-0.4, -0.2) is 24.3 Å². The van der Waals surface area contributed by atoms with Gasteiger partial charge in [0.1, 0.15) is 5.78 Å². The number of allylic oxidation sites excluding steroid dienone is 3. The molecule has 0 unspecified atom stereocenters. The summed E-state index contributed by atoms with van der Waals surface area (Å²) >= 11 is 0. The molecule has 72 valence electrons. The average Bonchev–Trinajstić information content (AvgIpc) is 2.28. The molecule has 0 radical (unpaired) electrons. The Balaban J connectivity index is 2.84. The number of hydrogen-bond acceptors (Lipinski definition) is 2. The van der Waals surface area contributed by atoms with Gasteiger partial charge in [-0.1, -0.05) is 12.7 Å². The molecule has 2 nitrogen and oxygen atoms in total. The van der Waals surface area contributed by atoms with Gasteiger partial charge in [0, 0.05) is 32.1 Å². The molecule has 0 aliphatic carbocycles. The van der Waals surface area contributed by atoms with Gasteiger partial charge in [0.2, 0.25) is 0 Å². The van der Waals surface area contributed by atoms with Crippen molar-refractivity contribution in [2.75, 3.05) is 13.6 Å². The zero-order valence-corrected chi connectivity index (χ0v) is 8.47. The van der Waals surface area contributed by atoms with Crippen molar-refractivity contribution in [2.24, 2.45) is 0 Å². The first-order valence-corrected chi connectivity index (χ1v) is 4.70. The van der Waals surface area contributed by atoms with Crippen LogP contribution in [0, 0.1) is 0 Å². The molecule has 0 N–H and O–H groups in total. The van der Waals surface area contributed by atoms with Gasteiger partial charge in [0.05, 0.1) is 0 Å². The topological polar surface area (TPSA) is 20.3 Å². The summed E-state index contributed by atoms with van der Waals surface area (Å²) in [7, 11) is 2.04. The third-order valence-corrected chi connectivity index (χ3v) is 2.59. The predicted molar refractivity (Wildman–Crippen MR) is 54.4 cm³/mol. The summed E-state index contributed by atoms with van der Waals surface area (Å²) < 4.78 is 0.